The van der Waals surface area contributed by atoms with E-state index in [1.165, 1.54) is 18.7 Å². The molecule has 0 aromatic carbocycles. The minimum Gasteiger partial charge on any atom is -0.503 e. The summed E-state index contributed by atoms with van der Waals surface area (Å²) in [7, 11) is 0. The number of thioether (sulfide) groups is 1. The molecule has 0 aliphatic carbocycles. The average Bonchev–Trinajstić information content (AvgIpc) is 2.92. The van der Waals surface area contributed by atoms with Crippen LogP contribution in [0.2, 0.25) is 0 Å². The third-order valence-corrected chi connectivity index (χ3v) is 5.01. The van der Waals surface area contributed by atoms with E-state index in [9.17, 15) is 9.90 Å². The van der Waals surface area contributed by atoms with Gasteiger partial charge in [-0.05, 0) is 33.1 Å². The fourth-order valence-electron chi connectivity index (χ4n) is 2.08. The topological polar surface area (TPSA) is 92.0 Å². The summed E-state index contributed by atoms with van der Waals surface area (Å²) in [4.78, 5) is 20.3. The second kappa shape index (κ2) is 7.79. The molecule has 2 heterocycles. The number of aliphatic imine (C=N–C) groups is 1. The van der Waals surface area contributed by atoms with Crippen molar-refractivity contribution in [3.05, 3.63) is 18.0 Å². The van der Waals surface area contributed by atoms with Crippen LogP contribution in [0.4, 0.5) is 0 Å². The summed E-state index contributed by atoms with van der Waals surface area (Å²) in [6.07, 6.45) is 3.98. The molecule has 126 valence electrons. The first-order valence-corrected chi connectivity index (χ1v) is 8.62. The standard InChI is InChI=1S/C16H22N2O4S/c1-11(20)16(2)10-23-15(18-16)13-14(21)12(6-7-17-13)22-9-5-3-4-8-19/h6-7,19,21H,3-5,8-10H2,1-2H3/t16-/m1/s1. The Hall–Kier alpha value is -1.60. The Morgan fingerprint density at radius 2 is 2.22 bits per heavy atom. The predicted octanol–water partition coefficient (Wildman–Crippen LogP) is 2.17. The minimum absolute atomic E-state index is 0.00391. The van der Waals surface area contributed by atoms with Crippen LogP contribution in [0.3, 0.4) is 0 Å². The normalized spacial score (nSPS) is 20.4. The molecule has 0 radical (unpaired) electrons. The number of ketones is 1. The number of carbonyl (C=O) groups is 1. The Labute approximate surface area is 140 Å². The molecular weight excluding hydrogens is 316 g/mol. The van der Waals surface area contributed by atoms with E-state index in [1.807, 2.05) is 0 Å². The zero-order valence-corrected chi connectivity index (χ0v) is 14.2. The fourth-order valence-corrected chi connectivity index (χ4v) is 3.32. The molecule has 0 saturated heterocycles. The molecule has 0 amide bonds. The number of carbonyl (C=O) groups excluding carboxylic acids is 1. The number of rotatable bonds is 8. The summed E-state index contributed by atoms with van der Waals surface area (Å²) in [5.41, 5.74) is -0.400. The van der Waals surface area contributed by atoms with Crippen LogP contribution in [0.5, 0.6) is 11.5 Å². The summed E-state index contributed by atoms with van der Waals surface area (Å²) in [6, 6.07) is 1.61. The van der Waals surface area contributed by atoms with E-state index in [0.717, 1.165) is 19.3 Å². The maximum absolute atomic E-state index is 11.7. The van der Waals surface area contributed by atoms with Crippen LogP contribution < -0.4 is 4.74 Å². The van der Waals surface area contributed by atoms with Crippen LogP contribution in [-0.2, 0) is 4.79 Å². The molecule has 2 N–H and O–H groups in total. The van der Waals surface area contributed by atoms with Gasteiger partial charge in [-0.2, -0.15) is 0 Å². The summed E-state index contributed by atoms with van der Waals surface area (Å²) >= 11 is 1.41. The van der Waals surface area contributed by atoms with Gasteiger partial charge in [0.25, 0.3) is 0 Å². The Kier molecular flexibility index (Phi) is 6.01. The van der Waals surface area contributed by atoms with Gasteiger partial charge in [0.05, 0.1) is 6.61 Å². The molecule has 7 heteroatoms. The molecule has 0 saturated carbocycles. The van der Waals surface area contributed by atoms with Gasteiger partial charge < -0.3 is 14.9 Å². The van der Waals surface area contributed by atoms with Gasteiger partial charge in [-0.3, -0.25) is 9.79 Å². The summed E-state index contributed by atoms with van der Waals surface area (Å²) in [6.45, 7) is 3.94. The molecular formula is C16H22N2O4S. The van der Waals surface area contributed by atoms with E-state index in [1.54, 1.807) is 19.2 Å². The van der Waals surface area contributed by atoms with Crippen LogP contribution in [-0.4, -0.2) is 50.5 Å². The lowest BCUT2D eigenvalue weighted by Crippen LogP contribution is -2.31. The van der Waals surface area contributed by atoms with Gasteiger partial charge in [0.1, 0.15) is 16.3 Å². The van der Waals surface area contributed by atoms with Gasteiger partial charge in [-0.15, -0.1) is 11.8 Å². The van der Waals surface area contributed by atoms with Crippen molar-refractivity contribution in [2.75, 3.05) is 19.0 Å². The summed E-state index contributed by atoms with van der Waals surface area (Å²) in [5, 5.41) is 19.7. The number of ether oxygens (including phenoxy) is 1. The summed E-state index contributed by atoms with van der Waals surface area (Å²) in [5.74, 6) is 0.855. The maximum atomic E-state index is 11.7. The first-order valence-electron chi connectivity index (χ1n) is 7.63. The Balaban J connectivity index is 2.10. The lowest BCUT2D eigenvalue weighted by Gasteiger charge is -2.14. The van der Waals surface area contributed by atoms with E-state index in [2.05, 4.69) is 9.98 Å². The highest BCUT2D eigenvalue weighted by molar-refractivity contribution is 8.14. The van der Waals surface area contributed by atoms with Gasteiger partial charge in [0.15, 0.2) is 17.3 Å². The molecule has 1 aliphatic heterocycles. The third kappa shape index (κ3) is 4.23. The highest BCUT2D eigenvalue weighted by Crippen LogP contribution is 2.36. The van der Waals surface area contributed by atoms with Crippen LogP contribution in [0.1, 0.15) is 38.8 Å². The highest BCUT2D eigenvalue weighted by Gasteiger charge is 2.36. The van der Waals surface area contributed by atoms with Gasteiger partial charge in [-0.1, -0.05) is 0 Å². The molecule has 0 bridgehead atoms. The fraction of sp³-hybridized carbons (Fsp3) is 0.562. The van der Waals surface area contributed by atoms with E-state index in [-0.39, 0.29) is 18.1 Å². The first-order chi connectivity index (χ1) is 11.0. The Bertz CT molecular complexity index is 606. The SMILES string of the molecule is CC(=O)[C@@]1(C)CSC(c2nccc(OCCCCCO)c2O)=N1. The smallest absolute Gasteiger partial charge is 0.186 e. The molecule has 0 spiro atoms. The Morgan fingerprint density at radius 1 is 1.43 bits per heavy atom. The number of hydrogen-bond acceptors (Lipinski definition) is 7. The van der Waals surface area contributed by atoms with Gasteiger partial charge in [0.2, 0.25) is 0 Å². The van der Waals surface area contributed by atoms with Crippen LogP contribution in [0.25, 0.3) is 0 Å². The molecule has 1 aliphatic rings. The zero-order chi connectivity index (χ0) is 16.9. The van der Waals surface area contributed by atoms with Crippen molar-refractivity contribution in [3.63, 3.8) is 0 Å². The number of pyridine rings is 1. The van der Waals surface area contributed by atoms with Crippen molar-refractivity contribution in [2.45, 2.75) is 38.6 Å². The van der Waals surface area contributed by atoms with Crippen LogP contribution >= 0.6 is 11.8 Å². The lowest BCUT2D eigenvalue weighted by molar-refractivity contribution is -0.120. The molecule has 0 unspecified atom stereocenters. The molecule has 6 nitrogen and oxygen atoms in total. The number of aromatic hydroxyl groups is 1. The van der Waals surface area contributed by atoms with E-state index in [4.69, 9.17) is 9.84 Å². The van der Waals surface area contributed by atoms with E-state index >= 15 is 0 Å². The minimum atomic E-state index is -0.755. The van der Waals surface area contributed by atoms with Gasteiger partial charge in [0, 0.05) is 24.6 Å². The molecule has 2 rings (SSSR count). The molecule has 1 aromatic heterocycles. The number of aromatic nitrogens is 1. The Morgan fingerprint density at radius 3 is 2.87 bits per heavy atom. The third-order valence-electron chi connectivity index (χ3n) is 3.75. The number of Topliss-reactive ketones (excluding diaryl/α,β-unsaturated/α-hetero) is 1. The number of aliphatic hydroxyl groups excluding tert-OH is 1. The van der Waals surface area contributed by atoms with Gasteiger partial charge in [-0.25, -0.2) is 4.98 Å². The van der Waals surface area contributed by atoms with Crippen LogP contribution in [0.15, 0.2) is 17.3 Å². The zero-order valence-electron chi connectivity index (χ0n) is 13.4. The van der Waals surface area contributed by atoms with E-state index in [0.29, 0.717) is 28.8 Å². The average molecular weight is 338 g/mol. The van der Waals surface area contributed by atoms with Crippen molar-refractivity contribution < 1.29 is 19.7 Å². The van der Waals surface area contributed by atoms with Crippen molar-refractivity contribution >= 4 is 22.6 Å². The van der Waals surface area contributed by atoms with Crippen molar-refractivity contribution in [2.24, 2.45) is 4.99 Å². The second-order valence-corrected chi connectivity index (χ2v) is 6.64. The van der Waals surface area contributed by atoms with Crippen LogP contribution in [0, 0.1) is 0 Å². The quantitative estimate of drug-likeness (QED) is 0.706. The predicted molar refractivity (Wildman–Crippen MR) is 90.4 cm³/mol. The summed E-state index contributed by atoms with van der Waals surface area (Å²) < 4.78 is 5.58. The van der Waals surface area contributed by atoms with E-state index < -0.39 is 5.54 Å². The number of hydrogen-bond donors (Lipinski definition) is 2. The number of nitrogens with zero attached hydrogens (tertiary/aromatic N) is 2. The molecule has 1 aromatic rings. The largest absolute Gasteiger partial charge is 0.503 e. The maximum Gasteiger partial charge on any atom is 0.186 e. The van der Waals surface area contributed by atoms with Gasteiger partial charge >= 0.3 is 0 Å². The lowest BCUT2D eigenvalue weighted by atomic mass is 10.0. The first kappa shape index (κ1) is 17.7. The molecule has 23 heavy (non-hydrogen) atoms. The van der Waals surface area contributed by atoms with Crippen molar-refractivity contribution in [1.29, 1.82) is 0 Å². The molecule has 0 fully saturated rings. The van der Waals surface area contributed by atoms with Crippen molar-refractivity contribution in [3.8, 4) is 11.5 Å². The highest BCUT2D eigenvalue weighted by atomic mass is 32.2. The second-order valence-electron chi connectivity index (χ2n) is 5.67. The number of unbranched alkanes of at least 4 members (excludes halogenated alkanes) is 2. The van der Waals surface area contributed by atoms with Crippen molar-refractivity contribution in [1.82, 2.24) is 4.98 Å². The molecule has 1 atom stereocenters. The number of aliphatic hydroxyl groups is 1. The monoisotopic (exact) mass is 338 g/mol.